The van der Waals surface area contributed by atoms with Gasteiger partial charge in [0.25, 0.3) is 5.78 Å². The molecule has 0 amide bonds. The van der Waals surface area contributed by atoms with Gasteiger partial charge in [-0.2, -0.15) is 19.4 Å². The Balaban J connectivity index is 1.45. The molecule has 0 radical (unpaired) electrons. The SMILES string of the molecule is COc1ccc(-c2[nH]c3cnc4ncnn4c3c2Cn2nnc(-c3ccc(OC)c(OC)c3)n2)cc1. The van der Waals surface area contributed by atoms with E-state index in [2.05, 4.69) is 35.5 Å². The number of hydrogen-bond donors (Lipinski definition) is 1. The van der Waals surface area contributed by atoms with E-state index in [0.29, 0.717) is 29.6 Å². The fourth-order valence-electron chi connectivity index (χ4n) is 4.19. The minimum atomic E-state index is 0.334. The Morgan fingerprint density at radius 1 is 0.889 bits per heavy atom. The highest BCUT2D eigenvalue weighted by Gasteiger charge is 2.20. The molecular weight excluding hydrogens is 462 g/mol. The molecule has 0 bridgehead atoms. The molecule has 0 unspecified atom stereocenters. The Bertz CT molecular complexity index is 1680. The lowest BCUT2D eigenvalue weighted by atomic mass is 10.1. The van der Waals surface area contributed by atoms with Crippen LogP contribution in [-0.2, 0) is 6.54 Å². The van der Waals surface area contributed by atoms with Crippen LogP contribution in [0.4, 0.5) is 0 Å². The van der Waals surface area contributed by atoms with Crippen molar-refractivity contribution in [3.63, 3.8) is 0 Å². The average molecular weight is 483 g/mol. The van der Waals surface area contributed by atoms with Crippen molar-refractivity contribution in [1.82, 2.24) is 44.8 Å². The van der Waals surface area contributed by atoms with Crippen LogP contribution < -0.4 is 14.2 Å². The molecule has 0 aliphatic rings. The highest BCUT2D eigenvalue weighted by molar-refractivity contribution is 5.88. The summed E-state index contributed by atoms with van der Waals surface area (Å²) >= 11 is 0. The van der Waals surface area contributed by atoms with Gasteiger partial charge in [-0.15, -0.1) is 10.2 Å². The quantitative estimate of drug-likeness (QED) is 0.364. The van der Waals surface area contributed by atoms with Crippen molar-refractivity contribution < 1.29 is 14.2 Å². The predicted molar refractivity (Wildman–Crippen MR) is 130 cm³/mol. The lowest BCUT2D eigenvalue weighted by Gasteiger charge is -2.07. The van der Waals surface area contributed by atoms with Gasteiger partial charge in [0, 0.05) is 11.1 Å². The number of benzene rings is 2. The van der Waals surface area contributed by atoms with Crippen molar-refractivity contribution in [2.45, 2.75) is 6.54 Å². The third-order valence-electron chi connectivity index (χ3n) is 5.93. The summed E-state index contributed by atoms with van der Waals surface area (Å²) in [5.74, 6) is 2.96. The number of rotatable bonds is 7. The van der Waals surface area contributed by atoms with Crippen molar-refractivity contribution in [3.8, 4) is 39.9 Å². The van der Waals surface area contributed by atoms with Crippen molar-refractivity contribution >= 4 is 16.8 Å². The van der Waals surface area contributed by atoms with Gasteiger partial charge in [0.1, 0.15) is 17.6 Å². The van der Waals surface area contributed by atoms with Crippen LogP contribution >= 0.6 is 0 Å². The molecule has 0 fully saturated rings. The van der Waals surface area contributed by atoms with Gasteiger partial charge in [-0.25, -0.2) is 4.98 Å². The van der Waals surface area contributed by atoms with Crippen molar-refractivity contribution in [1.29, 1.82) is 0 Å². The largest absolute Gasteiger partial charge is 0.497 e. The topological polar surface area (TPSA) is 130 Å². The summed E-state index contributed by atoms with van der Waals surface area (Å²) in [7, 11) is 4.82. The molecule has 6 rings (SSSR count). The molecule has 6 aromatic rings. The Morgan fingerprint density at radius 3 is 2.47 bits per heavy atom. The van der Waals surface area contributed by atoms with Crippen LogP contribution in [0.15, 0.2) is 55.0 Å². The zero-order chi connectivity index (χ0) is 24.6. The van der Waals surface area contributed by atoms with E-state index in [0.717, 1.165) is 39.2 Å². The predicted octanol–water partition coefficient (Wildman–Crippen LogP) is 3.00. The summed E-state index contributed by atoms with van der Waals surface area (Å²) in [5, 5.41) is 17.6. The van der Waals surface area contributed by atoms with E-state index in [-0.39, 0.29) is 0 Å². The summed E-state index contributed by atoms with van der Waals surface area (Å²) in [4.78, 5) is 13.6. The molecule has 0 saturated carbocycles. The monoisotopic (exact) mass is 483 g/mol. The maximum Gasteiger partial charge on any atom is 0.252 e. The molecule has 12 nitrogen and oxygen atoms in total. The van der Waals surface area contributed by atoms with Crippen LogP contribution in [0.25, 0.3) is 39.5 Å². The number of methoxy groups -OCH3 is 3. The van der Waals surface area contributed by atoms with Gasteiger partial charge in [0.2, 0.25) is 5.82 Å². The van der Waals surface area contributed by atoms with Gasteiger partial charge in [-0.05, 0) is 53.2 Å². The molecule has 1 N–H and O–H groups in total. The maximum absolute atomic E-state index is 5.41. The summed E-state index contributed by atoms with van der Waals surface area (Å²) in [6, 6.07) is 13.3. The van der Waals surface area contributed by atoms with E-state index < -0.39 is 0 Å². The first kappa shape index (κ1) is 21.5. The van der Waals surface area contributed by atoms with Crippen LogP contribution in [-0.4, -0.2) is 66.1 Å². The van der Waals surface area contributed by atoms with E-state index in [1.54, 1.807) is 36.8 Å². The Hall–Kier alpha value is -5.00. The first-order valence-electron chi connectivity index (χ1n) is 11.0. The molecular formula is C24H21N9O3. The van der Waals surface area contributed by atoms with Crippen LogP contribution in [0.2, 0.25) is 0 Å². The number of aromatic amines is 1. The number of aromatic nitrogens is 9. The highest BCUT2D eigenvalue weighted by Crippen LogP contribution is 2.33. The minimum absolute atomic E-state index is 0.334. The summed E-state index contributed by atoms with van der Waals surface area (Å²) in [6.45, 7) is 0.334. The van der Waals surface area contributed by atoms with E-state index in [1.807, 2.05) is 42.5 Å². The second-order valence-corrected chi connectivity index (χ2v) is 7.91. The molecule has 4 heterocycles. The smallest absolute Gasteiger partial charge is 0.252 e. The van der Waals surface area contributed by atoms with Gasteiger partial charge >= 0.3 is 0 Å². The normalized spacial score (nSPS) is 11.3. The number of ether oxygens (including phenoxy) is 3. The van der Waals surface area contributed by atoms with Gasteiger partial charge in [-0.1, -0.05) is 0 Å². The van der Waals surface area contributed by atoms with Gasteiger partial charge in [0.05, 0.1) is 45.3 Å². The number of tetrazole rings is 1. The average Bonchev–Trinajstić information content (AvgIpc) is 3.67. The minimum Gasteiger partial charge on any atom is -0.497 e. The first-order chi connectivity index (χ1) is 17.7. The second kappa shape index (κ2) is 8.65. The molecule has 0 aliphatic carbocycles. The summed E-state index contributed by atoms with van der Waals surface area (Å²) in [5.41, 5.74) is 5.20. The number of fused-ring (bicyclic) bond motifs is 3. The molecule has 0 saturated heterocycles. The Labute approximate surface area is 204 Å². The third-order valence-corrected chi connectivity index (χ3v) is 5.93. The number of hydrogen-bond acceptors (Lipinski definition) is 9. The van der Waals surface area contributed by atoms with Crippen LogP contribution in [0.1, 0.15) is 5.56 Å². The van der Waals surface area contributed by atoms with E-state index in [4.69, 9.17) is 14.2 Å². The zero-order valence-electron chi connectivity index (χ0n) is 19.7. The fourth-order valence-corrected chi connectivity index (χ4v) is 4.19. The Kier molecular flexibility index (Phi) is 5.17. The summed E-state index contributed by atoms with van der Waals surface area (Å²) in [6.07, 6.45) is 3.23. The Morgan fingerprint density at radius 2 is 1.69 bits per heavy atom. The zero-order valence-corrected chi connectivity index (χ0v) is 19.7. The van der Waals surface area contributed by atoms with Crippen LogP contribution in [0, 0.1) is 0 Å². The standard InChI is InChI=1S/C24H21N9O3/c1-34-16-7-4-14(5-8-16)21-17(22-18(28-21)11-25-24-26-13-27-33(22)24)12-32-30-23(29-31-32)15-6-9-19(35-2)20(10-15)36-3/h4-11,13,28H,12H2,1-3H3. The number of nitrogens with zero attached hydrogens (tertiary/aromatic N) is 8. The molecule has 180 valence electrons. The number of H-pyrrole nitrogens is 1. The summed E-state index contributed by atoms with van der Waals surface area (Å²) < 4.78 is 17.8. The number of nitrogens with one attached hydrogen (secondary N) is 1. The molecule has 2 aromatic carbocycles. The highest BCUT2D eigenvalue weighted by atomic mass is 16.5. The van der Waals surface area contributed by atoms with E-state index >= 15 is 0 Å². The van der Waals surface area contributed by atoms with Gasteiger partial charge in [0.15, 0.2) is 11.5 Å². The third kappa shape index (κ3) is 3.55. The lowest BCUT2D eigenvalue weighted by Crippen LogP contribution is -2.06. The van der Waals surface area contributed by atoms with Crippen molar-refractivity contribution in [3.05, 3.63) is 60.6 Å². The molecule has 0 aliphatic heterocycles. The van der Waals surface area contributed by atoms with Crippen LogP contribution in [0.3, 0.4) is 0 Å². The van der Waals surface area contributed by atoms with E-state index in [9.17, 15) is 0 Å². The van der Waals surface area contributed by atoms with Gasteiger partial charge in [-0.3, -0.25) is 0 Å². The fraction of sp³-hybridized carbons (Fsp3) is 0.167. The molecule has 12 heteroatoms. The maximum atomic E-state index is 5.41. The first-order valence-corrected chi connectivity index (χ1v) is 11.0. The van der Waals surface area contributed by atoms with Crippen molar-refractivity contribution in [2.75, 3.05) is 21.3 Å². The molecule has 36 heavy (non-hydrogen) atoms. The van der Waals surface area contributed by atoms with Crippen molar-refractivity contribution in [2.24, 2.45) is 0 Å². The molecule has 0 spiro atoms. The second-order valence-electron chi connectivity index (χ2n) is 7.91. The molecule has 4 aromatic heterocycles. The lowest BCUT2D eigenvalue weighted by molar-refractivity contribution is 0.355. The van der Waals surface area contributed by atoms with Gasteiger partial charge < -0.3 is 19.2 Å². The van der Waals surface area contributed by atoms with E-state index in [1.165, 1.54) is 6.33 Å². The molecule has 0 atom stereocenters. The van der Waals surface area contributed by atoms with Crippen LogP contribution in [0.5, 0.6) is 17.2 Å².